The van der Waals surface area contributed by atoms with Gasteiger partial charge in [0, 0.05) is 23.1 Å². The summed E-state index contributed by atoms with van der Waals surface area (Å²) >= 11 is 1.47. The van der Waals surface area contributed by atoms with E-state index >= 15 is 0 Å². The first kappa shape index (κ1) is 16.8. The molecular formula is C18H16N4O2S. The molecule has 0 spiro atoms. The number of non-ortho nitro benzene ring substituents is 1. The predicted molar refractivity (Wildman–Crippen MR) is 101 cm³/mol. The van der Waals surface area contributed by atoms with Crippen LogP contribution in [0.1, 0.15) is 18.1 Å². The molecule has 0 radical (unpaired) electrons. The summed E-state index contributed by atoms with van der Waals surface area (Å²) < 4.78 is 0. The van der Waals surface area contributed by atoms with E-state index in [-0.39, 0.29) is 5.69 Å². The van der Waals surface area contributed by atoms with Crippen LogP contribution in [0.5, 0.6) is 0 Å². The maximum Gasteiger partial charge on any atom is 0.269 e. The molecule has 7 heteroatoms. The maximum absolute atomic E-state index is 10.6. The number of hydrogen-bond donors (Lipinski definition) is 1. The molecule has 0 unspecified atom stereocenters. The predicted octanol–water partition coefficient (Wildman–Crippen LogP) is 4.73. The summed E-state index contributed by atoms with van der Waals surface area (Å²) in [6, 6.07) is 14.5. The van der Waals surface area contributed by atoms with Gasteiger partial charge >= 0.3 is 0 Å². The second-order valence-corrected chi connectivity index (χ2v) is 6.17. The van der Waals surface area contributed by atoms with Crippen LogP contribution in [-0.4, -0.2) is 16.1 Å². The number of benzene rings is 2. The van der Waals surface area contributed by atoms with E-state index in [9.17, 15) is 10.1 Å². The summed E-state index contributed by atoms with van der Waals surface area (Å²) in [6.45, 7) is 2.13. The van der Waals surface area contributed by atoms with Gasteiger partial charge in [0.1, 0.15) is 0 Å². The van der Waals surface area contributed by atoms with Crippen LogP contribution in [-0.2, 0) is 6.42 Å². The molecule has 3 rings (SSSR count). The number of hydrazone groups is 1. The van der Waals surface area contributed by atoms with Crippen molar-refractivity contribution in [1.82, 2.24) is 4.98 Å². The highest BCUT2D eigenvalue weighted by Crippen LogP contribution is 2.25. The zero-order valence-electron chi connectivity index (χ0n) is 13.5. The van der Waals surface area contributed by atoms with Crippen molar-refractivity contribution in [3.05, 3.63) is 75.2 Å². The summed E-state index contributed by atoms with van der Waals surface area (Å²) in [5.74, 6) is 0. The molecule has 1 heterocycles. The monoisotopic (exact) mass is 352 g/mol. The topological polar surface area (TPSA) is 80.4 Å². The molecule has 126 valence electrons. The average molecular weight is 352 g/mol. The Morgan fingerprint density at radius 2 is 1.92 bits per heavy atom. The summed E-state index contributed by atoms with van der Waals surface area (Å²) in [4.78, 5) is 14.7. The summed E-state index contributed by atoms with van der Waals surface area (Å²) in [5.41, 5.74) is 6.98. The van der Waals surface area contributed by atoms with E-state index in [1.54, 1.807) is 18.3 Å². The van der Waals surface area contributed by atoms with Crippen molar-refractivity contribution < 1.29 is 4.92 Å². The van der Waals surface area contributed by atoms with Crippen LogP contribution in [0.3, 0.4) is 0 Å². The molecule has 6 nitrogen and oxygen atoms in total. The Hall–Kier alpha value is -3.06. The van der Waals surface area contributed by atoms with E-state index in [1.165, 1.54) is 29.0 Å². The molecule has 0 aliphatic heterocycles. The van der Waals surface area contributed by atoms with Crippen LogP contribution in [0, 0.1) is 10.1 Å². The first-order valence-corrected chi connectivity index (χ1v) is 8.62. The van der Waals surface area contributed by atoms with Crippen LogP contribution < -0.4 is 5.43 Å². The molecule has 0 saturated carbocycles. The van der Waals surface area contributed by atoms with Crippen LogP contribution in [0.25, 0.3) is 11.3 Å². The molecule has 0 aliphatic carbocycles. The number of hydrogen-bond acceptors (Lipinski definition) is 6. The highest BCUT2D eigenvalue weighted by molar-refractivity contribution is 7.14. The number of nitro groups is 1. The Balaban J connectivity index is 1.63. The molecule has 0 atom stereocenters. The van der Waals surface area contributed by atoms with Crippen molar-refractivity contribution in [3.8, 4) is 11.3 Å². The second-order valence-electron chi connectivity index (χ2n) is 5.31. The summed E-state index contributed by atoms with van der Waals surface area (Å²) in [6.07, 6.45) is 2.61. The standard InChI is InChI=1S/C18H16N4O2S/c1-2-13-3-7-15(8-4-13)17-12-25-18(20-17)21-19-11-14-5-9-16(10-6-14)22(23)24/h3-12H,2H2,1H3,(H,20,21)/b19-11-. The molecule has 2 aromatic carbocycles. The highest BCUT2D eigenvalue weighted by Gasteiger charge is 2.04. The minimum atomic E-state index is -0.427. The molecular weight excluding hydrogens is 336 g/mol. The fourth-order valence-electron chi connectivity index (χ4n) is 2.21. The SMILES string of the molecule is CCc1ccc(-c2csc(N/N=C\c3ccc([N+](=O)[O-])cc3)n2)cc1. The molecule has 1 N–H and O–H groups in total. The molecule has 0 fully saturated rings. The van der Waals surface area contributed by atoms with E-state index in [0.717, 1.165) is 23.2 Å². The number of thiazole rings is 1. The summed E-state index contributed by atoms with van der Waals surface area (Å²) in [7, 11) is 0. The van der Waals surface area contributed by atoms with Gasteiger partial charge in [-0.1, -0.05) is 31.2 Å². The van der Waals surface area contributed by atoms with Crippen molar-refractivity contribution in [2.45, 2.75) is 13.3 Å². The van der Waals surface area contributed by atoms with E-state index in [4.69, 9.17) is 0 Å². The molecule has 25 heavy (non-hydrogen) atoms. The van der Waals surface area contributed by atoms with Gasteiger partial charge in [-0.05, 0) is 29.7 Å². The number of aromatic nitrogens is 1. The minimum Gasteiger partial charge on any atom is -0.258 e. The Labute approximate surface area is 149 Å². The fraction of sp³-hybridized carbons (Fsp3) is 0.111. The third-order valence-corrected chi connectivity index (χ3v) is 4.39. The number of nitro benzene ring substituents is 1. The van der Waals surface area contributed by atoms with E-state index < -0.39 is 4.92 Å². The largest absolute Gasteiger partial charge is 0.269 e. The normalized spacial score (nSPS) is 10.9. The number of nitrogens with zero attached hydrogens (tertiary/aromatic N) is 3. The Kier molecular flexibility index (Phi) is 5.15. The Morgan fingerprint density at radius 3 is 2.56 bits per heavy atom. The van der Waals surface area contributed by atoms with E-state index in [0.29, 0.717) is 5.13 Å². The maximum atomic E-state index is 10.6. The van der Waals surface area contributed by atoms with Crippen molar-refractivity contribution in [3.63, 3.8) is 0 Å². The lowest BCUT2D eigenvalue weighted by molar-refractivity contribution is -0.384. The van der Waals surface area contributed by atoms with Gasteiger partial charge in [-0.25, -0.2) is 4.98 Å². The molecule has 0 aliphatic rings. The van der Waals surface area contributed by atoms with Crippen molar-refractivity contribution in [2.75, 3.05) is 5.43 Å². The lowest BCUT2D eigenvalue weighted by Gasteiger charge is -1.99. The van der Waals surface area contributed by atoms with Crippen molar-refractivity contribution in [1.29, 1.82) is 0 Å². The minimum absolute atomic E-state index is 0.0590. The quantitative estimate of drug-likeness (QED) is 0.395. The van der Waals surface area contributed by atoms with Gasteiger partial charge in [0.15, 0.2) is 0 Å². The van der Waals surface area contributed by atoms with Gasteiger partial charge in [-0.2, -0.15) is 5.10 Å². The smallest absolute Gasteiger partial charge is 0.258 e. The number of nitrogens with one attached hydrogen (secondary N) is 1. The third-order valence-electron chi connectivity index (χ3n) is 3.64. The first-order chi connectivity index (χ1) is 12.2. The third kappa shape index (κ3) is 4.27. The Morgan fingerprint density at radius 1 is 1.20 bits per heavy atom. The zero-order chi connectivity index (χ0) is 17.6. The number of rotatable bonds is 6. The molecule has 0 saturated heterocycles. The summed E-state index contributed by atoms with van der Waals surface area (Å²) in [5, 5.41) is 17.4. The van der Waals surface area contributed by atoms with E-state index in [2.05, 4.69) is 46.7 Å². The van der Waals surface area contributed by atoms with Crippen molar-refractivity contribution >= 4 is 28.4 Å². The molecule has 0 bridgehead atoms. The van der Waals surface area contributed by atoms with Gasteiger partial charge in [-0.3, -0.25) is 15.5 Å². The first-order valence-electron chi connectivity index (χ1n) is 7.74. The lowest BCUT2D eigenvalue weighted by Crippen LogP contribution is -1.91. The molecule has 3 aromatic rings. The van der Waals surface area contributed by atoms with Gasteiger partial charge in [0.25, 0.3) is 5.69 Å². The van der Waals surface area contributed by atoms with Gasteiger partial charge in [-0.15, -0.1) is 11.3 Å². The lowest BCUT2D eigenvalue weighted by atomic mass is 10.1. The fourth-order valence-corrected chi connectivity index (χ4v) is 2.88. The van der Waals surface area contributed by atoms with Gasteiger partial charge < -0.3 is 0 Å². The number of anilines is 1. The van der Waals surface area contributed by atoms with Gasteiger partial charge in [0.2, 0.25) is 5.13 Å². The van der Waals surface area contributed by atoms with Crippen LogP contribution in [0.15, 0.2) is 59.0 Å². The van der Waals surface area contributed by atoms with Crippen LogP contribution in [0.4, 0.5) is 10.8 Å². The van der Waals surface area contributed by atoms with E-state index in [1.807, 2.05) is 5.38 Å². The molecule has 1 aromatic heterocycles. The highest BCUT2D eigenvalue weighted by atomic mass is 32.1. The van der Waals surface area contributed by atoms with Crippen LogP contribution >= 0.6 is 11.3 Å². The second kappa shape index (κ2) is 7.67. The molecule has 0 amide bonds. The average Bonchev–Trinajstić information content (AvgIpc) is 3.11. The Bertz CT molecular complexity index is 886. The van der Waals surface area contributed by atoms with Crippen molar-refractivity contribution in [2.24, 2.45) is 5.10 Å². The zero-order valence-corrected chi connectivity index (χ0v) is 14.4. The number of aryl methyl sites for hydroxylation is 1. The van der Waals surface area contributed by atoms with Crippen LogP contribution in [0.2, 0.25) is 0 Å². The van der Waals surface area contributed by atoms with Gasteiger partial charge in [0.05, 0.1) is 16.8 Å².